The van der Waals surface area contributed by atoms with Gasteiger partial charge in [0.05, 0.1) is 43.0 Å². The van der Waals surface area contributed by atoms with Gasteiger partial charge in [-0.3, -0.25) is 4.79 Å². The van der Waals surface area contributed by atoms with Crippen LogP contribution in [-0.2, 0) is 23.8 Å². The Labute approximate surface area is 278 Å². The summed E-state index contributed by atoms with van der Waals surface area (Å²) in [6.07, 6.45) is 20.4. The van der Waals surface area contributed by atoms with E-state index >= 15 is 0 Å². The van der Waals surface area contributed by atoms with Crippen molar-refractivity contribution in [1.29, 1.82) is 0 Å². The number of carboxylic acid groups (broad SMARTS) is 1. The van der Waals surface area contributed by atoms with Crippen molar-refractivity contribution < 1.29 is 33.3 Å². The van der Waals surface area contributed by atoms with Crippen LogP contribution in [0.2, 0.25) is 0 Å². The number of cyclic esters (lactones) is 1. The number of esters is 1. The Morgan fingerprint density at radius 1 is 1.09 bits per heavy atom. The van der Waals surface area contributed by atoms with E-state index in [0.29, 0.717) is 24.0 Å². The van der Waals surface area contributed by atoms with E-state index in [-0.39, 0.29) is 63.4 Å². The average molecular weight is 643 g/mol. The van der Waals surface area contributed by atoms with Gasteiger partial charge in [0.25, 0.3) is 0 Å². The maximum Gasteiger partial charge on any atom is 0.331 e. The fourth-order valence-corrected chi connectivity index (χ4v) is 13.4. The Hall–Kier alpha value is -2.64. The minimum atomic E-state index is -0.755. The molecule has 2 spiro atoms. The molecule has 5 heterocycles. The maximum absolute atomic E-state index is 14.4. The van der Waals surface area contributed by atoms with E-state index in [1.807, 2.05) is 18.4 Å². The molecule has 0 aromatic carbocycles. The Morgan fingerprint density at radius 3 is 2.68 bits per heavy atom. The van der Waals surface area contributed by atoms with Gasteiger partial charge in [-0.25, -0.2) is 4.79 Å². The summed E-state index contributed by atoms with van der Waals surface area (Å²) < 4.78 is 25.5. The van der Waals surface area contributed by atoms with E-state index in [9.17, 15) is 14.7 Å². The molecule has 5 fully saturated rings. The van der Waals surface area contributed by atoms with Crippen molar-refractivity contribution in [2.75, 3.05) is 6.61 Å². The number of ether oxygens (including phenoxy) is 3. The summed E-state index contributed by atoms with van der Waals surface area (Å²) in [5.41, 5.74) is 1.07. The summed E-state index contributed by atoms with van der Waals surface area (Å²) >= 11 is 0. The normalized spacial score (nSPS) is 52.1. The number of carbonyl (C=O) groups excluding carboxylic acids is 1. The molecule has 3 saturated heterocycles. The van der Waals surface area contributed by atoms with Gasteiger partial charge in [0.2, 0.25) is 0 Å². The lowest BCUT2D eigenvalue weighted by Gasteiger charge is -2.62. The lowest BCUT2D eigenvalue weighted by molar-refractivity contribution is -0.181. The van der Waals surface area contributed by atoms with E-state index in [1.54, 1.807) is 6.26 Å². The number of fused-ring (bicyclic) bond motifs is 6. The average Bonchev–Trinajstić information content (AvgIpc) is 3.86. The van der Waals surface area contributed by atoms with Gasteiger partial charge >= 0.3 is 11.9 Å². The zero-order valence-corrected chi connectivity index (χ0v) is 28.6. The maximum atomic E-state index is 14.4. The van der Waals surface area contributed by atoms with Crippen LogP contribution >= 0.6 is 0 Å². The first kappa shape index (κ1) is 30.4. The Kier molecular flexibility index (Phi) is 6.17. The van der Waals surface area contributed by atoms with E-state index in [4.69, 9.17) is 18.6 Å². The molecule has 4 aliphatic heterocycles. The van der Waals surface area contributed by atoms with Crippen molar-refractivity contribution in [1.82, 2.24) is 0 Å². The number of rotatable bonds is 5. The summed E-state index contributed by atoms with van der Waals surface area (Å²) in [6.45, 7) is 12.1. The molecule has 8 aliphatic rings. The molecular weight excluding hydrogens is 592 g/mol. The van der Waals surface area contributed by atoms with Crippen LogP contribution in [0.15, 0.2) is 58.5 Å². The molecule has 2 bridgehead atoms. The number of aliphatic carboxylic acids is 1. The molecule has 7 heteroatoms. The van der Waals surface area contributed by atoms with E-state index < -0.39 is 11.4 Å². The van der Waals surface area contributed by atoms with Crippen LogP contribution in [-0.4, -0.2) is 41.5 Å². The van der Waals surface area contributed by atoms with E-state index in [0.717, 1.165) is 63.4 Å². The first-order valence-electron chi connectivity index (χ1n) is 18.2. The zero-order valence-electron chi connectivity index (χ0n) is 28.6. The summed E-state index contributed by atoms with van der Waals surface area (Å²) in [5.74, 6) is 0.0857. The minimum Gasteiger partial charge on any atom is -0.478 e. The van der Waals surface area contributed by atoms with Gasteiger partial charge in [-0.1, -0.05) is 52.0 Å². The molecular formula is C40H50O7. The first-order valence-corrected chi connectivity index (χ1v) is 18.2. The Bertz CT molecular complexity index is 1620. The fourth-order valence-electron chi connectivity index (χ4n) is 13.4. The van der Waals surface area contributed by atoms with Crippen LogP contribution in [0.4, 0.5) is 0 Å². The van der Waals surface area contributed by atoms with Gasteiger partial charge in [-0.2, -0.15) is 0 Å². The number of hydrogen-bond acceptors (Lipinski definition) is 6. The molecule has 9 rings (SSSR count). The third-order valence-corrected chi connectivity index (χ3v) is 16.3. The second-order valence-electron chi connectivity index (χ2n) is 17.6. The molecule has 1 aromatic rings. The lowest BCUT2D eigenvalue weighted by atomic mass is 9.38. The number of furan rings is 1. The highest BCUT2D eigenvalue weighted by atomic mass is 16.6. The highest BCUT2D eigenvalue weighted by Crippen LogP contribution is 2.77. The van der Waals surface area contributed by atoms with Crippen molar-refractivity contribution in [2.45, 2.75) is 116 Å². The quantitative estimate of drug-likeness (QED) is 0.257. The summed E-state index contributed by atoms with van der Waals surface area (Å²) in [5, 5.41) is 10.2. The molecule has 252 valence electrons. The van der Waals surface area contributed by atoms with Crippen LogP contribution in [0.5, 0.6) is 0 Å². The molecule has 1 N–H and O–H groups in total. The standard InChI is InChI=1S/C40H50O7/c1-23-11-14-36(3)27(33(41)42)7-6-8-30(36)35(23,2)15-12-24-19-28-26-9-10-31-37(4)20-29(25-13-18-44-21-25)47-38(37,5)16-17-39(31)22-45-34(43)40(26,39)32(24)46-28/h7,9-10,13,18-19,21,23,26,28-32H,6,8,11-12,14-17,20,22H2,1-5H3,(H,41,42). The number of hydrogen-bond donors (Lipinski definition) is 1. The molecule has 1 aromatic heterocycles. The van der Waals surface area contributed by atoms with Gasteiger partial charge in [0.15, 0.2) is 0 Å². The van der Waals surface area contributed by atoms with Gasteiger partial charge in [-0.15, -0.1) is 0 Å². The second kappa shape index (κ2) is 9.53. The van der Waals surface area contributed by atoms with Gasteiger partial charge in [0.1, 0.15) is 5.41 Å². The van der Waals surface area contributed by atoms with Crippen molar-refractivity contribution >= 4 is 11.9 Å². The predicted octanol–water partition coefficient (Wildman–Crippen LogP) is 7.98. The van der Waals surface area contributed by atoms with E-state index in [2.05, 4.69) is 52.8 Å². The fraction of sp³-hybridized carbons (Fsp3) is 0.700. The zero-order chi connectivity index (χ0) is 32.8. The molecule has 13 atom stereocenters. The van der Waals surface area contributed by atoms with Crippen LogP contribution in [0, 0.1) is 50.7 Å². The van der Waals surface area contributed by atoms with Gasteiger partial charge < -0.3 is 23.7 Å². The van der Waals surface area contributed by atoms with Gasteiger partial charge in [0, 0.05) is 33.3 Å². The third-order valence-electron chi connectivity index (χ3n) is 16.3. The topological polar surface area (TPSA) is 95.2 Å². The van der Waals surface area contributed by atoms with Crippen LogP contribution in [0.1, 0.15) is 104 Å². The third kappa shape index (κ3) is 3.46. The van der Waals surface area contributed by atoms with Crippen LogP contribution < -0.4 is 0 Å². The predicted molar refractivity (Wildman–Crippen MR) is 174 cm³/mol. The molecule has 4 aliphatic carbocycles. The number of allylic oxidation sites excluding steroid dienone is 2. The Balaban J connectivity index is 1.05. The number of carbonyl (C=O) groups is 2. The molecule has 13 unspecified atom stereocenters. The summed E-state index contributed by atoms with van der Waals surface area (Å²) in [7, 11) is 0. The SMILES string of the molecule is CC1CCC2(C)C(C(=O)O)=CCCC2C1(C)CCC1=CC2OC1C13C(=O)OCC14CCC1(C)OC(c5ccoc5)CC1(C)C4C=CC23. The Morgan fingerprint density at radius 2 is 1.91 bits per heavy atom. The molecule has 2 saturated carbocycles. The molecule has 7 nitrogen and oxygen atoms in total. The molecule has 47 heavy (non-hydrogen) atoms. The molecule has 0 amide bonds. The summed E-state index contributed by atoms with van der Waals surface area (Å²) in [4.78, 5) is 26.8. The molecule has 0 radical (unpaired) electrons. The first-order chi connectivity index (χ1) is 22.3. The monoisotopic (exact) mass is 642 g/mol. The van der Waals surface area contributed by atoms with Crippen molar-refractivity contribution in [3.63, 3.8) is 0 Å². The number of carboxylic acids is 1. The largest absolute Gasteiger partial charge is 0.478 e. The van der Waals surface area contributed by atoms with Crippen LogP contribution in [0.3, 0.4) is 0 Å². The van der Waals surface area contributed by atoms with Gasteiger partial charge in [-0.05, 0) is 99.5 Å². The highest BCUT2D eigenvalue weighted by Gasteiger charge is 2.82. The minimum absolute atomic E-state index is 0.00596. The smallest absolute Gasteiger partial charge is 0.331 e. The summed E-state index contributed by atoms with van der Waals surface area (Å²) in [6, 6.07) is 2.02. The van der Waals surface area contributed by atoms with Crippen LogP contribution in [0.25, 0.3) is 0 Å². The van der Waals surface area contributed by atoms with Crippen molar-refractivity contribution in [3.05, 3.63) is 59.6 Å². The second-order valence-corrected chi connectivity index (χ2v) is 17.6. The highest BCUT2D eigenvalue weighted by molar-refractivity contribution is 5.88. The van der Waals surface area contributed by atoms with Crippen molar-refractivity contribution in [3.8, 4) is 0 Å². The van der Waals surface area contributed by atoms with Crippen molar-refractivity contribution in [2.24, 2.45) is 50.7 Å². The lowest BCUT2D eigenvalue weighted by Crippen LogP contribution is -2.66. The van der Waals surface area contributed by atoms with E-state index in [1.165, 1.54) is 5.57 Å².